The minimum absolute atomic E-state index is 0.268. The molecule has 4 rings (SSSR count). The Balaban J connectivity index is 1.74. The van der Waals surface area contributed by atoms with Crippen LogP contribution in [0.2, 0.25) is 0 Å². The fourth-order valence-electron chi connectivity index (χ4n) is 2.89. The molecular formula is C17H20N4. The average molecular weight is 280 g/mol. The second-order valence-corrected chi connectivity index (χ2v) is 6.10. The van der Waals surface area contributed by atoms with E-state index >= 15 is 0 Å². The molecule has 2 N–H and O–H groups in total. The summed E-state index contributed by atoms with van der Waals surface area (Å²) < 4.78 is 0. The fourth-order valence-corrected chi connectivity index (χ4v) is 2.89. The van der Waals surface area contributed by atoms with Gasteiger partial charge < -0.3 is 10.6 Å². The number of nitrogens with zero attached hydrogens (tertiary/aromatic N) is 3. The number of hydrogen-bond acceptors (Lipinski definition) is 4. The Kier molecular flexibility index (Phi) is 3.11. The van der Waals surface area contributed by atoms with Crippen molar-refractivity contribution in [3.63, 3.8) is 0 Å². The third-order valence-corrected chi connectivity index (χ3v) is 4.29. The minimum Gasteiger partial charge on any atom is -0.355 e. The van der Waals surface area contributed by atoms with Gasteiger partial charge in [-0.1, -0.05) is 30.3 Å². The van der Waals surface area contributed by atoms with Crippen molar-refractivity contribution in [2.45, 2.75) is 31.2 Å². The first kappa shape index (κ1) is 12.8. The summed E-state index contributed by atoms with van der Waals surface area (Å²) in [5.41, 5.74) is 8.23. The third kappa shape index (κ3) is 2.63. The van der Waals surface area contributed by atoms with Gasteiger partial charge in [-0.3, -0.25) is 0 Å². The van der Waals surface area contributed by atoms with E-state index in [4.69, 9.17) is 15.7 Å². The van der Waals surface area contributed by atoms with Crippen molar-refractivity contribution in [3.05, 3.63) is 42.2 Å². The molecule has 0 amide bonds. The predicted molar refractivity (Wildman–Crippen MR) is 84.2 cm³/mol. The van der Waals surface area contributed by atoms with Crippen LogP contribution in [0.3, 0.4) is 0 Å². The number of aromatic nitrogens is 2. The molecule has 1 saturated heterocycles. The summed E-state index contributed by atoms with van der Waals surface area (Å²) in [6.07, 6.45) is 3.48. The lowest BCUT2D eigenvalue weighted by Gasteiger charge is -2.18. The molecule has 108 valence electrons. The van der Waals surface area contributed by atoms with E-state index in [1.54, 1.807) is 0 Å². The number of anilines is 1. The van der Waals surface area contributed by atoms with Gasteiger partial charge in [0.05, 0.1) is 5.69 Å². The van der Waals surface area contributed by atoms with Crippen molar-refractivity contribution in [1.82, 2.24) is 9.97 Å². The molecule has 0 bridgehead atoms. The summed E-state index contributed by atoms with van der Waals surface area (Å²) in [6.45, 7) is 1.89. The maximum atomic E-state index is 6.04. The van der Waals surface area contributed by atoms with Crippen molar-refractivity contribution in [2.24, 2.45) is 5.73 Å². The van der Waals surface area contributed by atoms with E-state index in [9.17, 15) is 0 Å². The van der Waals surface area contributed by atoms with E-state index in [1.165, 1.54) is 12.8 Å². The molecule has 0 unspecified atom stereocenters. The molecule has 21 heavy (non-hydrogen) atoms. The molecule has 1 aromatic carbocycles. The average Bonchev–Trinajstić information content (AvgIpc) is 3.29. The fraction of sp³-hybridized carbons (Fsp3) is 0.412. The predicted octanol–water partition coefficient (Wildman–Crippen LogP) is 2.56. The quantitative estimate of drug-likeness (QED) is 0.939. The molecule has 0 radical (unpaired) electrons. The van der Waals surface area contributed by atoms with Gasteiger partial charge in [-0.05, 0) is 19.3 Å². The first-order chi connectivity index (χ1) is 10.3. The maximum absolute atomic E-state index is 6.04. The van der Waals surface area contributed by atoms with Crippen molar-refractivity contribution < 1.29 is 0 Å². The van der Waals surface area contributed by atoms with Crippen molar-refractivity contribution >= 4 is 5.82 Å². The lowest BCUT2D eigenvalue weighted by atomic mass is 10.1. The van der Waals surface area contributed by atoms with Crippen LogP contribution in [-0.4, -0.2) is 29.1 Å². The molecule has 4 nitrogen and oxygen atoms in total. The molecule has 1 aliphatic carbocycles. The topological polar surface area (TPSA) is 55.0 Å². The Bertz CT molecular complexity index is 636. The van der Waals surface area contributed by atoms with Crippen molar-refractivity contribution in [2.75, 3.05) is 18.0 Å². The third-order valence-electron chi connectivity index (χ3n) is 4.29. The Labute approximate surface area is 125 Å². The number of hydrogen-bond donors (Lipinski definition) is 1. The molecule has 2 heterocycles. The molecular weight excluding hydrogens is 260 g/mol. The molecule has 4 heteroatoms. The van der Waals surface area contributed by atoms with Crippen LogP contribution in [0.5, 0.6) is 0 Å². The van der Waals surface area contributed by atoms with Crippen LogP contribution in [0.4, 0.5) is 5.82 Å². The monoisotopic (exact) mass is 280 g/mol. The summed E-state index contributed by atoms with van der Waals surface area (Å²) in [7, 11) is 0. The summed E-state index contributed by atoms with van der Waals surface area (Å²) in [5.74, 6) is 2.61. The van der Waals surface area contributed by atoms with Crippen molar-refractivity contribution in [3.8, 4) is 11.3 Å². The number of benzene rings is 1. The second kappa shape index (κ2) is 5.11. The van der Waals surface area contributed by atoms with Crippen LogP contribution in [-0.2, 0) is 0 Å². The van der Waals surface area contributed by atoms with E-state index in [0.29, 0.717) is 5.92 Å². The molecule has 1 aliphatic heterocycles. The summed E-state index contributed by atoms with van der Waals surface area (Å²) in [4.78, 5) is 11.9. The lowest BCUT2D eigenvalue weighted by molar-refractivity contribution is 0.751. The summed E-state index contributed by atoms with van der Waals surface area (Å²) in [5, 5.41) is 0. The van der Waals surface area contributed by atoms with Gasteiger partial charge in [0.25, 0.3) is 0 Å². The van der Waals surface area contributed by atoms with E-state index < -0.39 is 0 Å². The molecule has 1 saturated carbocycles. The molecule has 2 fully saturated rings. The van der Waals surface area contributed by atoms with Crippen molar-refractivity contribution in [1.29, 1.82) is 0 Å². The second-order valence-electron chi connectivity index (χ2n) is 6.10. The highest BCUT2D eigenvalue weighted by molar-refractivity contribution is 5.63. The van der Waals surface area contributed by atoms with Gasteiger partial charge in [0.2, 0.25) is 0 Å². The largest absolute Gasteiger partial charge is 0.355 e. The summed E-state index contributed by atoms with van der Waals surface area (Å²) >= 11 is 0. The van der Waals surface area contributed by atoms with E-state index in [1.807, 2.05) is 6.07 Å². The zero-order valence-electron chi connectivity index (χ0n) is 12.1. The van der Waals surface area contributed by atoms with E-state index in [-0.39, 0.29) is 6.04 Å². The first-order valence-electron chi connectivity index (χ1n) is 7.74. The van der Waals surface area contributed by atoms with E-state index in [0.717, 1.165) is 42.4 Å². The Hall–Kier alpha value is -1.94. The molecule has 2 aromatic rings. The van der Waals surface area contributed by atoms with Gasteiger partial charge in [-0.15, -0.1) is 0 Å². The van der Waals surface area contributed by atoms with Crippen LogP contribution < -0.4 is 10.6 Å². The Morgan fingerprint density at radius 1 is 1.05 bits per heavy atom. The van der Waals surface area contributed by atoms with Crippen LogP contribution in [0, 0.1) is 0 Å². The van der Waals surface area contributed by atoms with Crippen LogP contribution >= 0.6 is 0 Å². The number of rotatable bonds is 3. The Morgan fingerprint density at radius 3 is 2.52 bits per heavy atom. The maximum Gasteiger partial charge on any atom is 0.134 e. The summed E-state index contributed by atoms with van der Waals surface area (Å²) in [6, 6.07) is 12.7. The van der Waals surface area contributed by atoms with Gasteiger partial charge in [0.1, 0.15) is 11.6 Å². The molecule has 0 spiro atoms. The van der Waals surface area contributed by atoms with Gasteiger partial charge in [-0.2, -0.15) is 0 Å². The Morgan fingerprint density at radius 2 is 1.86 bits per heavy atom. The highest BCUT2D eigenvalue weighted by atomic mass is 15.2. The molecule has 1 atom stereocenters. The first-order valence-corrected chi connectivity index (χ1v) is 7.74. The lowest BCUT2D eigenvalue weighted by Crippen LogP contribution is -2.27. The van der Waals surface area contributed by atoms with Gasteiger partial charge in [0, 0.05) is 36.7 Å². The highest BCUT2D eigenvalue weighted by Gasteiger charge is 2.29. The zero-order chi connectivity index (χ0) is 14.2. The normalized spacial score (nSPS) is 21.8. The zero-order valence-corrected chi connectivity index (χ0v) is 12.1. The highest BCUT2D eigenvalue weighted by Crippen LogP contribution is 2.39. The van der Waals surface area contributed by atoms with Crippen LogP contribution in [0.25, 0.3) is 11.3 Å². The van der Waals surface area contributed by atoms with Gasteiger partial charge in [-0.25, -0.2) is 9.97 Å². The van der Waals surface area contributed by atoms with Gasteiger partial charge in [0.15, 0.2) is 0 Å². The molecule has 1 aromatic heterocycles. The number of nitrogens with two attached hydrogens (primary N) is 1. The van der Waals surface area contributed by atoms with Crippen LogP contribution in [0.1, 0.15) is 31.0 Å². The van der Waals surface area contributed by atoms with Crippen LogP contribution in [0.15, 0.2) is 36.4 Å². The van der Waals surface area contributed by atoms with Gasteiger partial charge >= 0.3 is 0 Å². The standard InChI is InChI=1S/C17H20N4/c18-14-8-9-21(11-14)16-10-15(12-4-2-1-3-5-12)19-17(20-16)13-6-7-13/h1-5,10,13-14H,6-9,11,18H2/t14-/m0/s1. The molecule has 2 aliphatic rings. The SMILES string of the molecule is N[C@H]1CCN(c2cc(-c3ccccc3)nc(C3CC3)n2)C1. The van der Waals surface area contributed by atoms with E-state index in [2.05, 4.69) is 35.2 Å². The smallest absolute Gasteiger partial charge is 0.134 e. The minimum atomic E-state index is 0.268.